The van der Waals surface area contributed by atoms with Crippen LogP contribution in [-0.4, -0.2) is 18.8 Å². The molecule has 1 N–H and O–H groups in total. The summed E-state index contributed by atoms with van der Waals surface area (Å²) in [6, 6.07) is 8.83. The van der Waals surface area contributed by atoms with E-state index in [-0.39, 0.29) is 22.0 Å². The minimum Gasteiger partial charge on any atom is -0.483 e. The maximum atomic E-state index is 12.7. The molecule has 1 amide bonds. The lowest BCUT2D eigenvalue weighted by atomic mass is 10.2. The molecule has 0 radical (unpaired) electrons. The van der Waals surface area contributed by atoms with Gasteiger partial charge in [0, 0.05) is 0 Å². The molecule has 8 heteroatoms. The normalized spacial score (nSPS) is 11.0. The van der Waals surface area contributed by atoms with E-state index in [1.54, 1.807) is 12.1 Å². The first-order valence-corrected chi connectivity index (χ1v) is 7.02. The number of halogens is 4. The van der Waals surface area contributed by atoms with Crippen molar-refractivity contribution in [3.63, 3.8) is 0 Å². The van der Waals surface area contributed by atoms with Gasteiger partial charge < -0.3 is 10.1 Å². The van der Waals surface area contributed by atoms with Crippen molar-refractivity contribution in [3.05, 3.63) is 58.6 Å². The Morgan fingerprint density at radius 1 is 1.21 bits per heavy atom. The summed E-state index contributed by atoms with van der Waals surface area (Å²) in [5.74, 6) is -0.519. The van der Waals surface area contributed by atoms with E-state index in [0.717, 1.165) is 18.2 Å². The number of benzene rings is 2. The van der Waals surface area contributed by atoms with Crippen molar-refractivity contribution in [2.45, 2.75) is 6.18 Å². The van der Waals surface area contributed by atoms with Crippen LogP contribution in [0.3, 0.4) is 0 Å². The summed E-state index contributed by atoms with van der Waals surface area (Å²) in [4.78, 5) is 22.7. The standard InChI is InChI=1S/C16H11ClF3NO3/c17-12-6-5-11(16(18,19)20)7-13(12)21-15(23)9-24-14-4-2-1-3-10(14)8-22/h1-8H,9H2,(H,21,23). The molecular formula is C16H11ClF3NO3. The van der Waals surface area contributed by atoms with Gasteiger partial charge in [-0.2, -0.15) is 13.2 Å². The van der Waals surface area contributed by atoms with Crippen molar-refractivity contribution >= 4 is 29.5 Å². The third-order valence-electron chi connectivity index (χ3n) is 2.97. The van der Waals surface area contributed by atoms with Gasteiger partial charge in [-0.05, 0) is 30.3 Å². The highest BCUT2D eigenvalue weighted by molar-refractivity contribution is 6.33. The summed E-state index contributed by atoms with van der Waals surface area (Å²) < 4.78 is 43.2. The smallest absolute Gasteiger partial charge is 0.416 e. The van der Waals surface area contributed by atoms with Gasteiger partial charge >= 0.3 is 6.18 Å². The fourth-order valence-electron chi connectivity index (χ4n) is 1.84. The molecule has 0 aliphatic carbocycles. The average Bonchev–Trinajstić information content (AvgIpc) is 2.54. The van der Waals surface area contributed by atoms with Crippen molar-refractivity contribution in [1.82, 2.24) is 0 Å². The molecule has 0 saturated carbocycles. The molecule has 2 aromatic carbocycles. The van der Waals surface area contributed by atoms with Crippen LogP contribution in [0.4, 0.5) is 18.9 Å². The van der Waals surface area contributed by atoms with Crippen molar-refractivity contribution in [2.24, 2.45) is 0 Å². The van der Waals surface area contributed by atoms with E-state index in [2.05, 4.69) is 5.32 Å². The molecule has 0 aliphatic rings. The highest BCUT2D eigenvalue weighted by atomic mass is 35.5. The van der Waals surface area contributed by atoms with Gasteiger partial charge in [-0.25, -0.2) is 0 Å². The monoisotopic (exact) mass is 357 g/mol. The Hall–Kier alpha value is -2.54. The number of carbonyl (C=O) groups excluding carboxylic acids is 2. The second-order valence-electron chi connectivity index (χ2n) is 4.68. The van der Waals surface area contributed by atoms with Crippen LogP contribution in [0.1, 0.15) is 15.9 Å². The zero-order valence-corrected chi connectivity index (χ0v) is 12.8. The topological polar surface area (TPSA) is 55.4 Å². The van der Waals surface area contributed by atoms with E-state index < -0.39 is 24.3 Å². The number of para-hydroxylation sites is 1. The van der Waals surface area contributed by atoms with Crippen LogP contribution in [0.2, 0.25) is 5.02 Å². The SMILES string of the molecule is O=Cc1ccccc1OCC(=O)Nc1cc(C(F)(F)F)ccc1Cl. The molecule has 0 fully saturated rings. The van der Waals surface area contributed by atoms with Crippen LogP contribution < -0.4 is 10.1 Å². The van der Waals surface area contributed by atoms with Crippen LogP contribution in [0.5, 0.6) is 5.75 Å². The molecule has 0 aliphatic heterocycles. The number of alkyl halides is 3. The summed E-state index contributed by atoms with van der Waals surface area (Å²) in [7, 11) is 0. The number of amides is 1. The van der Waals surface area contributed by atoms with Gasteiger partial charge in [0.2, 0.25) is 0 Å². The largest absolute Gasteiger partial charge is 0.483 e. The molecule has 2 rings (SSSR count). The maximum Gasteiger partial charge on any atom is 0.416 e. The molecule has 0 unspecified atom stereocenters. The lowest BCUT2D eigenvalue weighted by Crippen LogP contribution is -2.21. The van der Waals surface area contributed by atoms with Crippen LogP contribution in [0.15, 0.2) is 42.5 Å². The highest BCUT2D eigenvalue weighted by Gasteiger charge is 2.31. The highest BCUT2D eigenvalue weighted by Crippen LogP contribution is 2.33. The molecule has 24 heavy (non-hydrogen) atoms. The molecule has 0 bridgehead atoms. The Balaban J connectivity index is 2.06. The Kier molecular flexibility index (Phi) is 5.46. The lowest BCUT2D eigenvalue weighted by molar-refractivity contribution is -0.137. The zero-order valence-electron chi connectivity index (χ0n) is 12.1. The zero-order chi connectivity index (χ0) is 17.7. The van der Waals surface area contributed by atoms with Gasteiger partial charge in [0.05, 0.1) is 21.8 Å². The molecule has 2 aromatic rings. The summed E-state index contributed by atoms with van der Waals surface area (Å²) in [5, 5.41) is 2.21. The summed E-state index contributed by atoms with van der Waals surface area (Å²) in [5.41, 5.74) is -0.861. The summed E-state index contributed by atoms with van der Waals surface area (Å²) in [6.07, 6.45) is -3.99. The number of nitrogens with one attached hydrogen (secondary N) is 1. The molecule has 0 heterocycles. The molecule has 0 atom stereocenters. The first-order valence-electron chi connectivity index (χ1n) is 6.65. The van der Waals surface area contributed by atoms with E-state index in [1.165, 1.54) is 12.1 Å². The van der Waals surface area contributed by atoms with Gasteiger partial charge in [0.25, 0.3) is 5.91 Å². The van der Waals surface area contributed by atoms with Crippen LogP contribution >= 0.6 is 11.6 Å². The molecule has 0 spiro atoms. The minimum absolute atomic E-state index is 0.0374. The fraction of sp³-hybridized carbons (Fsp3) is 0.125. The number of carbonyl (C=O) groups is 2. The van der Waals surface area contributed by atoms with Crippen molar-refractivity contribution in [2.75, 3.05) is 11.9 Å². The minimum atomic E-state index is -4.55. The number of anilines is 1. The van der Waals surface area contributed by atoms with E-state index in [0.29, 0.717) is 6.29 Å². The Bertz CT molecular complexity index is 762. The van der Waals surface area contributed by atoms with Gasteiger partial charge in [-0.15, -0.1) is 0 Å². The van der Waals surface area contributed by atoms with E-state index in [9.17, 15) is 22.8 Å². The van der Waals surface area contributed by atoms with Gasteiger partial charge in [-0.3, -0.25) is 9.59 Å². The first-order chi connectivity index (χ1) is 11.3. The number of ether oxygens (including phenoxy) is 1. The second-order valence-corrected chi connectivity index (χ2v) is 5.09. The molecule has 0 aromatic heterocycles. The molecule has 4 nitrogen and oxygen atoms in total. The van der Waals surface area contributed by atoms with E-state index in [4.69, 9.17) is 16.3 Å². The number of hydrogen-bond acceptors (Lipinski definition) is 3. The van der Waals surface area contributed by atoms with Crippen LogP contribution in [0.25, 0.3) is 0 Å². The van der Waals surface area contributed by atoms with Gasteiger partial charge in [-0.1, -0.05) is 23.7 Å². The van der Waals surface area contributed by atoms with Crippen molar-refractivity contribution in [3.8, 4) is 5.75 Å². The van der Waals surface area contributed by atoms with Crippen LogP contribution in [-0.2, 0) is 11.0 Å². The molecular weight excluding hydrogens is 347 g/mol. The van der Waals surface area contributed by atoms with Crippen molar-refractivity contribution in [1.29, 1.82) is 0 Å². The van der Waals surface area contributed by atoms with E-state index in [1.807, 2.05) is 0 Å². The molecule has 126 valence electrons. The fourth-order valence-corrected chi connectivity index (χ4v) is 2.00. The van der Waals surface area contributed by atoms with E-state index >= 15 is 0 Å². The number of hydrogen-bond donors (Lipinski definition) is 1. The number of aldehydes is 1. The summed E-state index contributed by atoms with van der Waals surface area (Å²) in [6.45, 7) is -0.489. The predicted molar refractivity (Wildman–Crippen MR) is 82.4 cm³/mol. The maximum absolute atomic E-state index is 12.7. The third kappa shape index (κ3) is 4.48. The third-order valence-corrected chi connectivity index (χ3v) is 3.30. The second kappa shape index (κ2) is 7.35. The number of rotatable bonds is 5. The van der Waals surface area contributed by atoms with Gasteiger partial charge in [0.1, 0.15) is 5.75 Å². The Morgan fingerprint density at radius 3 is 2.58 bits per heavy atom. The average molecular weight is 358 g/mol. The summed E-state index contributed by atoms with van der Waals surface area (Å²) >= 11 is 5.79. The van der Waals surface area contributed by atoms with Crippen LogP contribution in [0, 0.1) is 0 Å². The predicted octanol–water partition coefficient (Wildman–Crippen LogP) is 4.19. The van der Waals surface area contributed by atoms with Crippen molar-refractivity contribution < 1.29 is 27.5 Å². The van der Waals surface area contributed by atoms with Gasteiger partial charge in [0.15, 0.2) is 12.9 Å². The Labute approximate surface area is 140 Å². The molecule has 0 saturated heterocycles. The lowest BCUT2D eigenvalue weighted by Gasteiger charge is -2.12. The Morgan fingerprint density at radius 2 is 1.92 bits per heavy atom. The first kappa shape index (κ1) is 17.8. The quantitative estimate of drug-likeness (QED) is 0.816.